The van der Waals surface area contributed by atoms with Crippen molar-refractivity contribution in [3.63, 3.8) is 0 Å². The second kappa shape index (κ2) is 6.59. The fourth-order valence-electron chi connectivity index (χ4n) is 1.82. The summed E-state index contributed by atoms with van der Waals surface area (Å²) in [5, 5.41) is 0. The highest BCUT2D eigenvalue weighted by atomic mass is 32.2. The highest BCUT2D eigenvalue weighted by Gasteiger charge is 2.09. The number of rotatable bonds is 5. The Labute approximate surface area is 116 Å². The number of ether oxygens (including phenoxy) is 1. The van der Waals surface area contributed by atoms with E-state index in [4.69, 9.17) is 10.5 Å². The van der Waals surface area contributed by atoms with Gasteiger partial charge in [0.05, 0.1) is 12.0 Å². The average Bonchev–Trinajstić information content (AvgIpc) is 2.43. The van der Waals surface area contributed by atoms with E-state index in [-0.39, 0.29) is 5.82 Å². The van der Waals surface area contributed by atoms with Crippen LogP contribution in [0.2, 0.25) is 0 Å². The molecule has 0 aliphatic heterocycles. The highest BCUT2D eigenvalue weighted by molar-refractivity contribution is 7.99. The van der Waals surface area contributed by atoms with Crippen LogP contribution < -0.4 is 10.5 Å². The molecule has 0 saturated carbocycles. The quantitative estimate of drug-likeness (QED) is 0.908. The van der Waals surface area contributed by atoms with Crippen molar-refractivity contribution in [2.24, 2.45) is 5.73 Å². The van der Waals surface area contributed by atoms with E-state index in [2.05, 4.69) is 0 Å². The zero-order chi connectivity index (χ0) is 13.7. The van der Waals surface area contributed by atoms with Gasteiger partial charge in [0.25, 0.3) is 0 Å². The lowest BCUT2D eigenvalue weighted by molar-refractivity contribution is 0.405. The maximum absolute atomic E-state index is 13.3. The molecule has 0 fully saturated rings. The van der Waals surface area contributed by atoms with Crippen LogP contribution in [0.15, 0.2) is 52.3 Å². The lowest BCUT2D eigenvalue weighted by Crippen LogP contribution is -2.04. The van der Waals surface area contributed by atoms with Crippen LogP contribution in [0.5, 0.6) is 5.75 Å². The van der Waals surface area contributed by atoms with E-state index < -0.39 is 0 Å². The Morgan fingerprint density at radius 1 is 1.16 bits per heavy atom. The van der Waals surface area contributed by atoms with E-state index in [0.717, 1.165) is 21.1 Å². The molecule has 0 atom stereocenters. The first-order chi connectivity index (χ1) is 9.24. The van der Waals surface area contributed by atoms with E-state index in [1.165, 1.54) is 6.07 Å². The Hall–Kier alpha value is -1.52. The minimum absolute atomic E-state index is 0.229. The van der Waals surface area contributed by atoms with Gasteiger partial charge in [0.1, 0.15) is 11.6 Å². The Morgan fingerprint density at radius 2 is 1.95 bits per heavy atom. The van der Waals surface area contributed by atoms with Crippen molar-refractivity contribution in [3.05, 3.63) is 53.8 Å². The number of halogens is 1. The summed E-state index contributed by atoms with van der Waals surface area (Å²) in [5.74, 6) is 0.586. The zero-order valence-corrected chi connectivity index (χ0v) is 11.5. The molecule has 2 nitrogen and oxygen atoms in total. The topological polar surface area (TPSA) is 35.2 Å². The minimum Gasteiger partial charge on any atom is -0.496 e. The molecule has 0 aromatic heterocycles. The van der Waals surface area contributed by atoms with Gasteiger partial charge in [-0.25, -0.2) is 4.39 Å². The molecule has 0 heterocycles. The molecule has 4 heteroatoms. The largest absolute Gasteiger partial charge is 0.496 e. The summed E-state index contributed by atoms with van der Waals surface area (Å²) in [4.78, 5) is 2.02. The van der Waals surface area contributed by atoms with Crippen molar-refractivity contribution < 1.29 is 9.13 Å². The number of benzene rings is 2. The van der Waals surface area contributed by atoms with Crippen LogP contribution >= 0.6 is 11.8 Å². The molecule has 0 spiro atoms. The van der Waals surface area contributed by atoms with Crippen LogP contribution in [0.1, 0.15) is 5.56 Å². The molecule has 19 heavy (non-hydrogen) atoms. The first-order valence-electron chi connectivity index (χ1n) is 6.04. The summed E-state index contributed by atoms with van der Waals surface area (Å²) in [6.45, 7) is 0.503. The number of nitrogens with two attached hydrogens (primary N) is 1. The number of hydrogen-bond acceptors (Lipinski definition) is 3. The van der Waals surface area contributed by atoms with Crippen molar-refractivity contribution in [1.82, 2.24) is 0 Å². The maximum Gasteiger partial charge on any atom is 0.132 e. The average molecular weight is 277 g/mol. The second-order valence-corrected chi connectivity index (χ2v) is 5.13. The van der Waals surface area contributed by atoms with Gasteiger partial charge in [-0.3, -0.25) is 0 Å². The number of hydrogen-bond donors (Lipinski definition) is 1. The lowest BCUT2D eigenvalue weighted by Gasteiger charge is -2.11. The molecular weight excluding hydrogens is 261 g/mol. The summed E-state index contributed by atoms with van der Waals surface area (Å²) >= 11 is 1.57. The number of para-hydroxylation sites is 1. The Balaban J connectivity index is 2.32. The summed E-state index contributed by atoms with van der Waals surface area (Å²) in [7, 11) is 1.64. The molecule has 100 valence electrons. The molecule has 0 aliphatic carbocycles. The van der Waals surface area contributed by atoms with Gasteiger partial charge in [-0.1, -0.05) is 23.9 Å². The molecule has 0 saturated heterocycles. The monoisotopic (exact) mass is 277 g/mol. The predicted molar refractivity (Wildman–Crippen MR) is 76.3 cm³/mol. The van der Waals surface area contributed by atoms with E-state index in [1.54, 1.807) is 31.0 Å². The first-order valence-corrected chi connectivity index (χ1v) is 6.85. The van der Waals surface area contributed by atoms with Crippen LogP contribution in [-0.4, -0.2) is 13.7 Å². The van der Waals surface area contributed by atoms with Crippen LogP contribution in [0.25, 0.3) is 0 Å². The van der Waals surface area contributed by atoms with Gasteiger partial charge >= 0.3 is 0 Å². The van der Waals surface area contributed by atoms with Gasteiger partial charge in [-0.15, -0.1) is 0 Å². The van der Waals surface area contributed by atoms with E-state index in [0.29, 0.717) is 13.0 Å². The first kappa shape index (κ1) is 13.9. The van der Waals surface area contributed by atoms with E-state index in [1.807, 2.05) is 24.3 Å². The van der Waals surface area contributed by atoms with Crippen molar-refractivity contribution in [1.29, 1.82) is 0 Å². The fourth-order valence-corrected chi connectivity index (χ4v) is 2.88. The normalized spacial score (nSPS) is 10.5. The molecule has 2 aromatic rings. The van der Waals surface area contributed by atoms with Crippen molar-refractivity contribution in [2.75, 3.05) is 13.7 Å². The van der Waals surface area contributed by atoms with Gasteiger partial charge in [0.15, 0.2) is 0 Å². The summed E-state index contributed by atoms with van der Waals surface area (Å²) in [5.41, 5.74) is 6.50. The summed E-state index contributed by atoms with van der Waals surface area (Å²) < 4.78 is 18.6. The third-order valence-corrected chi connectivity index (χ3v) is 3.90. The van der Waals surface area contributed by atoms with Crippen LogP contribution in [-0.2, 0) is 6.42 Å². The fraction of sp³-hybridized carbons (Fsp3) is 0.200. The van der Waals surface area contributed by atoms with Crippen molar-refractivity contribution in [3.8, 4) is 5.75 Å². The van der Waals surface area contributed by atoms with Gasteiger partial charge in [-0.05, 0) is 48.9 Å². The van der Waals surface area contributed by atoms with Crippen molar-refractivity contribution >= 4 is 11.8 Å². The molecule has 2 aromatic carbocycles. The summed E-state index contributed by atoms with van der Waals surface area (Å²) in [6.07, 6.45) is 0.662. The molecule has 0 amide bonds. The Morgan fingerprint density at radius 3 is 2.68 bits per heavy atom. The van der Waals surface area contributed by atoms with Crippen molar-refractivity contribution in [2.45, 2.75) is 16.2 Å². The molecule has 2 N–H and O–H groups in total. The van der Waals surface area contributed by atoms with Crippen LogP contribution in [0.4, 0.5) is 4.39 Å². The predicted octanol–water partition coefficient (Wildman–Crippen LogP) is 3.49. The van der Waals surface area contributed by atoms with Gasteiger partial charge in [0, 0.05) is 4.90 Å². The standard InChI is InChI=1S/C15H16FNOS/c1-18-13-4-2-3-5-15(13)19-14-7-6-12(16)10-11(14)8-9-17/h2-7,10H,8-9,17H2,1H3. The maximum atomic E-state index is 13.3. The molecule has 0 aliphatic rings. The molecule has 0 bridgehead atoms. The number of methoxy groups -OCH3 is 1. The molecular formula is C15H16FNOS. The third kappa shape index (κ3) is 3.49. The lowest BCUT2D eigenvalue weighted by atomic mass is 10.1. The minimum atomic E-state index is -0.229. The molecule has 0 unspecified atom stereocenters. The SMILES string of the molecule is COc1ccccc1Sc1ccc(F)cc1CCN. The highest BCUT2D eigenvalue weighted by Crippen LogP contribution is 2.36. The smallest absolute Gasteiger partial charge is 0.132 e. The van der Waals surface area contributed by atoms with E-state index in [9.17, 15) is 4.39 Å². The Kier molecular flexibility index (Phi) is 4.82. The Bertz CT molecular complexity index is 560. The van der Waals surface area contributed by atoms with Crippen LogP contribution in [0, 0.1) is 5.82 Å². The van der Waals surface area contributed by atoms with Gasteiger partial charge < -0.3 is 10.5 Å². The summed E-state index contributed by atoms with van der Waals surface area (Å²) in [6, 6.07) is 12.6. The van der Waals surface area contributed by atoms with E-state index >= 15 is 0 Å². The van der Waals surface area contributed by atoms with Gasteiger partial charge in [-0.2, -0.15) is 0 Å². The van der Waals surface area contributed by atoms with Gasteiger partial charge in [0.2, 0.25) is 0 Å². The van der Waals surface area contributed by atoms with Crippen LogP contribution in [0.3, 0.4) is 0 Å². The zero-order valence-electron chi connectivity index (χ0n) is 10.7. The second-order valence-electron chi connectivity index (χ2n) is 4.04. The molecule has 2 rings (SSSR count). The molecule has 0 radical (unpaired) electrons. The third-order valence-electron chi connectivity index (χ3n) is 2.73.